The Bertz CT molecular complexity index is 985. The first-order valence-corrected chi connectivity index (χ1v) is 7.46. The number of benzene rings is 1. The van der Waals surface area contributed by atoms with E-state index in [1.165, 1.54) is 0 Å². The van der Waals surface area contributed by atoms with Gasteiger partial charge in [0.15, 0.2) is 0 Å². The first-order chi connectivity index (χ1) is 11.2. The lowest BCUT2D eigenvalue weighted by molar-refractivity contribution is 0.414. The molecular weight excluding hydrogens is 292 g/mol. The molecule has 0 spiro atoms. The van der Waals surface area contributed by atoms with E-state index in [0.29, 0.717) is 11.3 Å². The summed E-state index contributed by atoms with van der Waals surface area (Å²) in [7, 11) is 1.61. The number of nitrogens with one attached hydrogen (secondary N) is 1. The second-order valence-corrected chi connectivity index (χ2v) is 5.08. The molecule has 0 radical (unpaired) electrons. The molecule has 1 aromatic rings. The molecule has 0 unspecified atom stereocenters. The molecule has 6 heteroatoms. The largest absolute Gasteiger partial charge is 0.497 e. The van der Waals surface area contributed by atoms with Gasteiger partial charge >= 0.3 is 0 Å². The maximum Gasteiger partial charge on any atom is 0.299 e. The Labute approximate surface area is 133 Å². The van der Waals surface area contributed by atoms with Crippen molar-refractivity contribution in [1.82, 2.24) is 19.7 Å². The highest BCUT2D eigenvalue weighted by molar-refractivity contribution is 5.51. The Hall–Kier alpha value is -2.89. The van der Waals surface area contributed by atoms with Crippen LogP contribution >= 0.6 is 0 Å². The summed E-state index contributed by atoms with van der Waals surface area (Å²) in [6, 6.07) is 7.50. The summed E-state index contributed by atoms with van der Waals surface area (Å²) in [6.45, 7) is 3.95. The second-order valence-electron chi connectivity index (χ2n) is 5.08. The van der Waals surface area contributed by atoms with Gasteiger partial charge in [-0.1, -0.05) is 25.1 Å². The van der Waals surface area contributed by atoms with Crippen LogP contribution in [0.5, 0.6) is 5.75 Å². The van der Waals surface area contributed by atoms with Crippen LogP contribution in [0.3, 0.4) is 0 Å². The van der Waals surface area contributed by atoms with Crippen molar-refractivity contribution in [3.63, 3.8) is 0 Å². The Morgan fingerprint density at radius 1 is 1.35 bits per heavy atom. The van der Waals surface area contributed by atoms with Gasteiger partial charge in [0.1, 0.15) is 11.1 Å². The van der Waals surface area contributed by atoms with E-state index >= 15 is 0 Å². The third-order valence-electron chi connectivity index (χ3n) is 3.66. The van der Waals surface area contributed by atoms with Gasteiger partial charge in [0.25, 0.3) is 11.5 Å². The normalized spacial score (nSPS) is 13.0. The Balaban J connectivity index is 2.28. The van der Waals surface area contributed by atoms with E-state index < -0.39 is 0 Å². The quantitative estimate of drug-likeness (QED) is 0.768. The van der Waals surface area contributed by atoms with E-state index in [1.54, 1.807) is 17.9 Å². The van der Waals surface area contributed by atoms with Crippen molar-refractivity contribution >= 4 is 12.2 Å². The monoisotopic (exact) mass is 310 g/mol. The summed E-state index contributed by atoms with van der Waals surface area (Å²) in [5, 5.41) is 4.53. The number of H-pyrrole nitrogens is 1. The van der Waals surface area contributed by atoms with Gasteiger partial charge in [0, 0.05) is 0 Å². The molecule has 3 rings (SSSR count). The molecule has 0 fully saturated rings. The predicted molar refractivity (Wildman–Crippen MR) is 88.5 cm³/mol. The van der Waals surface area contributed by atoms with Crippen molar-refractivity contribution in [3.05, 3.63) is 56.6 Å². The van der Waals surface area contributed by atoms with Crippen molar-refractivity contribution in [1.29, 1.82) is 0 Å². The summed E-state index contributed by atoms with van der Waals surface area (Å²) in [5.41, 5.74) is 1.43. The van der Waals surface area contributed by atoms with E-state index in [4.69, 9.17) is 4.74 Å². The third-order valence-corrected chi connectivity index (χ3v) is 3.66. The molecule has 2 aliphatic rings. The van der Waals surface area contributed by atoms with Crippen LogP contribution in [0, 0.1) is 0 Å². The summed E-state index contributed by atoms with van der Waals surface area (Å²) in [6.07, 6.45) is 4.47. The average molecular weight is 310 g/mol. The molecular formula is C17H18N4O2. The third kappa shape index (κ3) is 2.75. The van der Waals surface area contributed by atoms with Crippen LogP contribution in [-0.4, -0.2) is 26.9 Å². The molecule has 2 aliphatic heterocycles. The van der Waals surface area contributed by atoms with Gasteiger partial charge in [-0.3, -0.25) is 9.89 Å². The number of methoxy groups -OCH3 is 1. The fraction of sp³-hybridized carbons (Fsp3) is 0.235. The summed E-state index contributed by atoms with van der Waals surface area (Å²) >= 11 is 0. The molecule has 0 saturated carbocycles. The Morgan fingerprint density at radius 3 is 2.87 bits per heavy atom. The van der Waals surface area contributed by atoms with Gasteiger partial charge in [-0.25, -0.2) is 9.67 Å². The summed E-state index contributed by atoms with van der Waals surface area (Å²) in [4.78, 5) is 20.7. The van der Waals surface area contributed by atoms with E-state index in [2.05, 4.69) is 15.1 Å². The topological polar surface area (TPSA) is 72.8 Å². The fourth-order valence-corrected chi connectivity index (χ4v) is 2.47. The van der Waals surface area contributed by atoms with Gasteiger partial charge in [-0.2, -0.15) is 4.98 Å². The minimum absolute atomic E-state index is 0.313. The van der Waals surface area contributed by atoms with E-state index in [-0.39, 0.29) is 5.56 Å². The van der Waals surface area contributed by atoms with Crippen LogP contribution in [0.15, 0.2) is 29.1 Å². The SMILES string of the molecule is C/C=c1\[nH]n2/c(=C/c3cccc(OC)c3)c(=O)nc-2nc1CC. The van der Waals surface area contributed by atoms with Crippen LogP contribution in [0.1, 0.15) is 25.1 Å². The number of aromatic nitrogens is 4. The lowest BCUT2D eigenvalue weighted by Gasteiger charge is -2.06. The number of ether oxygens (including phenoxy) is 1. The van der Waals surface area contributed by atoms with E-state index in [0.717, 1.165) is 28.8 Å². The van der Waals surface area contributed by atoms with E-state index in [1.807, 2.05) is 44.2 Å². The molecule has 1 N–H and O–H groups in total. The zero-order valence-corrected chi connectivity index (χ0v) is 13.3. The van der Waals surface area contributed by atoms with E-state index in [9.17, 15) is 4.79 Å². The van der Waals surface area contributed by atoms with Crippen LogP contribution in [0.2, 0.25) is 0 Å². The molecule has 0 bridgehead atoms. The summed E-state index contributed by atoms with van der Waals surface area (Å²) in [5.74, 6) is 1.12. The highest BCUT2D eigenvalue weighted by Crippen LogP contribution is 2.12. The molecule has 2 heterocycles. The number of hydrogen-bond donors (Lipinski definition) is 1. The molecule has 6 nitrogen and oxygen atoms in total. The number of hydrogen-bond acceptors (Lipinski definition) is 4. The molecule has 0 aliphatic carbocycles. The highest BCUT2D eigenvalue weighted by Gasteiger charge is 2.12. The minimum Gasteiger partial charge on any atom is -0.497 e. The van der Waals surface area contributed by atoms with Gasteiger partial charge in [-0.05, 0) is 37.1 Å². The van der Waals surface area contributed by atoms with Crippen molar-refractivity contribution in [2.45, 2.75) is 20.3 Å². The number of fused-ring (bicyclic) bond motifs is 1. The van der Waals surface area contributed by atoms with Crippen molar-refractivity contribution in [2.24, 2.45) is 0 Å². The van der Waals surface area contributed by atoms with Gasteiger partial charge in [-0.15, -0.1) is 0 Å². The maximum absolute atomic E-state index is 12.2. The average Bonchev–Trinajstić information content (AvgIpc) is 2.88. The van der Waals surface area contributed by atoms with Crippen molar-refractivity contribution in [2.75, 3.05) is 7.11 Å². The first-order valence-electron chi connectivity index (χ1n) is 7.46. The van der Waals surface area contributed by atoms with Gasteiger partial charge in [0.2, 0.25) is 0 Å². The van der Waals surface area contributed by atoms with Crippen LogP contribution in [0.25, 0.3) is 18.1 Å². The lowest BCUT2D eigenvalue weighted by Crippen LogP contribution is -2.33. The molecule has 0 amide bonds. The molecule has 118 valence electrons. The number of aryl methyl sites for hydroxylation is 1. The number of nitrogens with zero attached hydrogens (tertiary/aromatic N) is 3. The Morgan fingerprint density at radius 2 is 2.17 bits per heavy atom. The van der Waals surface area contributed by atoms with Crippen molar-refractivity contribution < 1.29 is 4.74 Å². The van der Waals surface area contributed by atoms with Crippen LogP contribution in [0.4, 0.5) is 0 Å². The summed E-state index contributed by atoms with van der Waals surface area (Å²) < 4.78 is 6.83. The standard InChI is InChI=1S/C17H18N4O2/c1-4-13-14(5-2)20-21-15(16(22)19-17(21)18-13)10-11-7-6-8-12(9-11)23-3/h5-10,20H,4H2,1-3H3/b14-5-,15-10+. The molecule has 0 aromatic heterocycles. The van der Waals surface area contributed by atoms with Crippen molar-refractivity contribution in [3.8, 4) is 11.7 Å². The molecule has 0 saturated heterocycles. The second kappa shape index (κ2) is 6.08. The van der Waals surface area contributed by atoms with Gasteiger partial charge < -0.3 is 4.74 Å². The molecule has 23 heavy (non-hydrogen) atoms. The van der Waals surface area contributed by atoms with Crippen LogP contribution < -0.4 is 21.0 Å². The zero-order chi connectivity index (χ0) is 16.4. The highest BCUT2D eigenvalue weighted by atomic mass is 16.5. The number of imidazole rings is 1. The minimum atomic E-state index is -0.313. The Kier molecular flexibility index (Phi) is 3.97. The smallest absolute Gasteiger partial charge is 0.299 e. The number of aromatic amines is 1. The zero-order valence-electron chi connectivity index (χ0n) is 13.3. The lowest BCUT2D eigenvalue weighted by atomic mass is 10.2. The fourth-order valence-electron chi connectivity index (χ4n) is 2.47. The molecule has 1 aromatic carbocycles. The van der Waals surface area contributed by atoms with Crippen LogP contribution in [-0.2, 0) is 6.42 Å². The maximum atomic E-state index is 12.2. The number of rotatable bonds is 3. The predicted octanol–water partition coefficient (Wildman–Crippen LogP) is 0.594. The van der Waals surface area contributed by atoms with Gasteiger partial charge in [0.05, 0.1) is 18.2 Å². The first kappa shape index (κ1) is 15.0. The molecule has 0 atom stereocenters.